The highest BCUT2D eigenvalue weighted by Crippen LogP contribution is 2.42. The number of phenols is 1. The first-order valence-corrected chi connectivity index (χ1v) is 10.2. The lowest BCUT2D eigenvalue weighted by molar-refractivity contribution is 0.0520. The summed E-state index contributed by atoms with van der Waals surface area (Å²) in [5.41, 5.74) is 2.70. The minimum atomic E-state index is -0.527. The van der Waals surface area contributed by atoms with Crippen LogP contribution < -0.4 is 10.1 Å². The van der Waals surface area contributed by atoms with E-state index in [1.54, 1.807) is 0 Å². The average molecular weight is 390 g/mol. The van der Waals surface area contributed by atoms with Crippen LogP contribution in [0.15, 0.2) is 23.8 Å². The zero-order valence-electron chi connectivity index (χ0n) is 18.1. The molecule has 5 heteroatoms. The second-order valence-electron chi connectivity index (χ2n) is 8.90. The molecule has 0 saturated carbocycles. The molecule has 1 unspecified atom stereocenters. The molecule has 0 saturated heterocycles. The van der Waals surface area contributed by atoms with Crippen LogP contribution in [0.3, 0.4) is 0 Å². The van der Waals surface area contributed by atoms with Crippen LogP contribution in [-0.4, -0.2) is 30.0 Å². The van der Waals surface area contributed by atoms with Crippen LogP contribution in [0, 0.1) is 0 Å². The molecule has 1 aromatic carbocycles. The standard InChI is InChI=1S/C23H35NO4/c1-15(2)18-13-19(25)21(17-9-7-8-16(3)12-17)20(14-18)27-11-10-24-22(26)28-23(4,5)6/h12-15,17,25H,7-11H2,1-6H3,(H,24,26). The number of benzene rings is 1. The van der Waals surface area contributed by atoms with E-state index in [1.807, 2.05) is 32.9 Å². The van der Waals surface area contributed by atoms with Gasteiger partial charge in [-0.1, -0.05) is 25.5 Å². The monoisotopic (exact) mass is 389 g/mol. The molecule has 1 amide bonds. The van der Waals surface area contributed by atoms with Crippen molar-refractivity contribution >= 4 is 6.09 Å². The number of amides is 1. The summed E-state index contributed by atoms with van der Waals surface area (Å²) in [4.78, 5) is 11.8. The minimum absolute atomic E-state index is 0.156. The first kappa shape index (κ1) is 22.1. The Balaban J connectivity index is 2.12. The third-order valence-electron chi connectivity index (χ3n) is 4.78. The lowest BCUT2D eigenvalue weighted by atomic mass is 9.84. The fourth-order valence-corrected chi connectivity index (χ4v) is 3.42. The van der Waals surface area contributed by atoms with Gasteiger partial charge >= 0.3 is 6.09 Å². The molecule has 0 aromatic heterocycles. The number of allylic oxidation sites excluding steroid dienone is 2. The summed E-state index contributed by atoms with van der Waals surface area (Å²) in [5, 5.41) is 13.4. The van der Waals surface area contributed by atoms with E-state index >= 15 is 0 Å². The predicted molar refractivity (Wildman–Crippen MR) is 112 cm³/mol. The van der Waals surface area contributed by atoms with Gasteiger partial charge < -0.3 is 19.9 Å². The number of alkyl carbamates (subject to hydrolysis) is 1. The van der Waals surface area contributed by atoms with Gasteiger partial charge in [0.1, 0.15) is 23.7 Å². The van der Waals surface area contributed by atoms with Crippen molar-refractivity contribution in [2.45, 2.75) is 78.2 Å². The van der Waals surface area contributed by atoms with E-state index in [2.05, 4.69) is 32.2 Å². The maximum atomic E-state index is 11.8. The van der Waals surface area contributed by atoms with E-state index in [0.29, 0.717) is 18.9 Å². The fourth-order valence-electron chi connectivity index (χ4n) is 3.42. The number of aromatic hydroxyl groups is 1. The van der Waals surface area contributed by atoms with E-state index in [9.17, 15) is 9.90 Å². The number of hydrogen-bond donors (Lipinski definition) is 2. The Morgan fingerprint density at radius 3 is 2.64 bits per heavy atom. The van der Waals surface area contributed by atoms with Crippen LogP contribution in [-0.2, 0) is 4.74 Å². The molecule has 1 atom stereocenters. The predicted octanol–water partition coefficient (Wildman–Crippen LogP) is 5.63. The van der Waals surface area contributed by atoms with E-state index in [-0.39, 0.29) is 17.6 Å². The summed E-state index contributed by atoms with van der Waals surface area (Å²) in [5.74, 6) is 1.43. The summed E-state index contributed by atoms with van der Waals surface area (Å²) >= 11 is 0. The van der Waals surface area contributed by atoms with Gasteiger partial charge in [-0.3, -0.25) is 0 Å². The van der Waals surface area contributed by atoms with Gasteiger partial charge in [-0.25, -0.2) is 4.79 Å². The summed E-state index contributed by atoms with van der Waals surface area (Å²) in [6.45, 7) is 12.4. The molecule has 0 radical (unpaired) electrons. The van der Waals surface area contributed by atoms with Crippen molar-refractivity contribution in [1.82, 2.24) is 5.32 Å². The van der Waals surface area contributed by atoms with Crippen molar-refractivity contribution in [2.24, 2.45) is 0 Å². The van der Waals surface area contributed by atoms with Gasteiger partial charge in [0.25, 0.3) is 0 Å². The number of rotatable bonds is 6. The van der Waals surface area contributed by atoms with E-state index in [4.69, 9.17) is 9.47 Å². The zero-order chi connectivity index (χ0) is 20.9. The van der Waals surface area contributed by atoms with E-state index in [0.717, 1.165) is 30.4 Å². The van der Waals surface area contributed by atoms with Crippen molar-refractivity contribution in [2.75, 3.05) is 13.2 Å². The molecule has 156 valence electrons. The molecular formula is C23H35NO4. The van der Waals surface area contributed by atoms with Crippen molar-refractivity contribution in [3.63, 3.8) is 0 Å². The van der Waals surface area contributed by atoms with Gasteiger partial charge in [0.05, 0.1) is 6.54 Å². The van der Waals surface area contributed by atoms with Crippen LogP contribution >= 0.6 is 0 Å². The summed E-state index contributed by atoms with van der Waals surface area (Å²) < 4.78 is 11.3. The van der Waals surface area contributed by atoms with Crippen LogP contribution in [0.4, 0.5) is 4.79 Å². The zero-order valence-corrected chi connectivity index (χ0v) is 18.1. The molecule has 0 spiro atoms. The van der Waals surface area contributed by atoms with Crippen molar-refractivity contribution in [1.29, 1.82) is 0 Å². The molecule has 0 fully saturated rings. The van der Waals surface area contributed by atoms with Crippen LogP contribution in [0.2, 0.25) is 0 Å². The first-order chi connectivity index (χ1) is 13.1. The maximum absolute atomic E-state index is 11.8. The molecule has 0 aliphatic heterocycles. The number of carbonyl (C=O) groups is 1. The maximum Gasteiger partial charge on any atom is 0.407 e. The Hall–Kier alpha value is -2.17. The lowest BCUT2D eigenvalue weighted by Crippen LogP contribution is -2.34. The quantitative estimate of drug-likeness (QED) is 0.488. The Bertz CT molecular complexity index is 716. The molecular weight excluding hydrogens is 354 g/mol. The smallest absolute Gasteiger partial charge is 0.407 e. The van der Waals surface area contributed by atoms with Gasteiger partial charge in [0, 0.05) is 11.5 Å². The topological polar surface area (TPSA) is 67.8 Å². The van der Waals surface area contributed by atoms with Crippen molar-refractivity contribution in [3.8, 4) is 11.5 Å². The third-order valence-corrected chi connectivity index (χ3v) is 4.78. The SMILES string of the molecule is CC1=CC(c2c(O)cc(C(C)C)cc2OCCNC(=O)OC(C)(C)C)CCC1. The normalized spacial score (nSPS) is 17.2. The minimum Gasteiger partial charge on any atom is -0.507 e. The molecule has 0 heterocycles. The molecule has 2 N–H and O–H groups in total. The highest BCUT2D eigenvalue weighted by atomic mass is 16.6. The van der Waals surface area contributed by atoms with Gasteiger partial charge in [-0.2, -0.15) is 0 Å². The van der Waals surface area contributed by atoms with Gasteiger partial charge in [-0.05, 0) is 70.6 Å². The van der Waals surface area contributed by atoms with Crippen molar-refractivity contribution < 1.29 is 19.4 Å². The highest BCUT2D eigenvalue weighted by Gasteiger charge is 2.23. The average Bonchev–Trinajstić information content (AvgIpc) is 2.56. The fraction of sp³-hybridized carbons (Fsp3) is 0.609. The van der Waals surface area contributed by atoms with Crippen molar-refractivity contribution in [3.05, 3.63) is 34.9 Å². The first-order valence-electron chi connectivity index (χ1n) is 10.2. The summed E-state index contributed by atoms with van der Waals surface area (Å²) in [7, 11) is 0. The molecule has 2 rings (SSSR count). The largest absolute Gasteiger partial charge is 0.507 e. The van der Waals surface area contributed by atoms with Gasteiger partial charge in [0.2, 0.25) is 0 Å². The number of carbonyl (C=O) groups excluding carboxylic acids is 1. The van der Waals surface area contributed by atoms with Crippen LogP contribution in [0.1, 0.15) is 83.8 Å². The Kier molecular flexibility index (Phi) is 7.39. The van der Waals surface area contributed by atoms with Crippen LogP contribution in [0.25, 0.3) is 0 Å². The molecule has 5 nitrogen and oxygen atoms in total. The molecule has 1 aromatic rings. The number of phenolic OH excluding ortho intramolecular Hbond substituents is 1. The Morgan fingerprint density at radius 2 is 2.04 bits per heavy atom. The summed E-state index contributed by atoms with van der Waals surface area (Å²) in [6.07, 6.45) is 4.99. The molecule has 1 aliphatic carbocycles. The molecule has 28 heavy (non-hydrogen) atoms. The highest BCUT2D eigenvalue weighted by molar-refractivity contribution is 5.67. The molecule has 1 aliphatic rings. The van der Waals surface area contributed by atoms with E-state index in [1.165, 1.54) is 5.57 Å². The van der Waals surface area contributed by atoms with E-state index < -0.39 is 11.7 Å². The Morgan fingerprint density at radius 1 is 1.32 bits per heavy atom. The lowest BCUT2D eigenvalue weighted by Gasteiger charge is -2.24. The number of hydrogen-bond acceptors (Lipinski definition) is 4. The second kappa shape index (κ2) is 9.35. The Labute approximate surface area is 169 Å². The molecule has 0 bridgehead atoms. The third kappa shape index (κ3) is 6.47. The van der Waals surface area contributed by atoms with Gasteiger partial charge in [0.15, 0.2) is 0 Å². The summed E-state index contributed by atoms with van der Waals surface area (Å²) in [6, 6.07) is 3.87. The number of nitrogens with one attached hydrogen (secondary N) is 1. The van der Waals surface area contributed by atoms with Crippen LogP contribution in [0.5, 0.6) is 11.5 Å². The van der Waals surface area contributed by atoms with Gasteiger partial charge in [-0.15, -0.1) is 0 Å². The number of ether oxygens (including phenoxy) is 2. The second-order valence-corrected chi connectivity index (χ2v) is 8.90.